The van der Waals surface area contributed by atoms with Crippen molar-refractivity contribution in [2.24, 2.45) is 0 Å². The van der Waals surface area contributed by atoms with Crippen molar-refractivity contribution in [3.8, 4) is 11.6 Å². The molecule has 3 N–H and O–H groups in total. The summed E-state index contributed by atoms with van der Waals surface area (Å²) < 4.78 is 29.7. The third-order valence-electron chi connectivity index (χ3n) is 4.54. The minimum Gasteiger partial charge on any atom is -0.478 e. The minimum atomic E-state index is -0.669. The van der Waals surface area contributed by atoms with Crippen LogP contribution >= 0.6 is 0 Å². The number of hydrogen-bond acceptors (Lipinski definition) is 10. The smallest absolute Gasteiger partial charge is 0.347 e. The molecule has 166 valence electrons. The highest BCUT2D eigenvalue weighted by Gasteiger charge is 2.30. The summed E-state index contributed by atoms with van der Waals surface area (Å²) in [5, 5.41) is 14.6. The molecule has 0 amide bonds. The summed E-state index contributed by atoms with van der Waals surface area (Å²) in [6.07, 6.45) is 2.23. The first-order valence-corrected chi connectivity index (χ1v) is 9.69. The lowest BCUT2D eigenvalue weighted by molar-refractivity contribution is -0.147. The first-order valence-electron chi connectivity index (χ1n) is 9.69. The minimum absolute atomic E-state index is 0.0384. The molecule has 3 heterocycles. The highest BCUT2D eigenvalue weighted by atomic mass is 19.1. The number of benzene rings is 1. The second-order valence-corrected chi connectivity index (χ2v) is 6.75. The molecule has 1 atom stereocenters. The zero-order chi connectivity index (χ0) is 22.5. The number of carbonyl (C=O) groups is 1. The number of esters is 1. The van der Waals surface area contributed by atoms with Gasteiger partial charge in [0, 0.05) is 23.7 Å². The van der Waals surface area contributed by atoms with E-state index in [2.05, 4.69) is 25.6 Å². The molecule has 0 bridgehead atoms. The van der Waals surface area contributed by atoms with Gasteiger partial charge in [-0.2, -0.15) is 4.98 Å². The Morgan fingerprint density at radius 3 is 2.81 bits per heavy atom. The van der Waals surface area contributed by atoms with Crippen molar-refractivity contribution < 1.29 is 28.5 Å². The molecule has 1 aliphatic rings. The van der Waals surface area contributed by atoms with Crippen LogP contribution in [-0.2, 0) is 16.0 Å². The largest absolute Gasteiger partial charge is 0.478 e. The Morgan fingerprint density at radius 2 is 2.06 bits per heavy atom. The Morgan fingerprint density at radius 1 is 1.22 bits per heavy atom. The number of aliphatic hydroxyl groups excluding tert-OH is 1. The topological polar surface area (TPSA) is 128 Å². The van der Waals surface area contributed by atoms with Gasteiger partial charge in [0.25, 0.3) is 0 Å². The molecule has 0 saturated heterocycles. The van der Waals surface area contributed by atoms with Crippen LogP contribution in [0, 0.1) is 5.82 Å². The Bertz CT molecular complexity index is 1110. The number of aliphatic hydroxyl groups is 1. The number of fused-ring (bicyclic) bond motifs is 1. The van der Waals surface area contributed by atoms with E-state index in [4.69, 9.17) is 19.3 Å². The quantitative estimate of drug-likeness (QED) is 0.448. The van der Waals surface area contributed by atoms with Gasteiger partial charge >= 0.3 is 5.97 Å². The summed E-state index contributed by atoms with van der Waals surface area (Å²) in [5.74, 6) is 0.00399. The molecular formula is C21H20FN5O5. The van der Waals surface area contributed by atoms with Crippen molar-refractivity contribution in [1.29, 1.82) is 0 Å². The first-order chi connectivity index (χ1) is 15.6. The summed E-state index contributed by atoms with van der Waals surface area (Å²) in [6, 6.07) is 8.52. The number of rotatable bonds is 8. The molecule has 1 unspecified atom stereocenters. The van der Waals surface area contributed by atoms with E-state index in [0.29, 0.717) is 29.4 Å². The predicted octanol–water partition coefficient (Wildman–Crippen LogP) is 2.35. The van der Waals surface area contributed by atoms with Gasteiger partial charge in [-0.15, -0.1) is 0 Å². The van der Waals surface area contributed by atoms with Crippen molar-refractivity contribution in [3.05, 3.63) is 54.1 Å². The van der Waals surface area contributed by atoms with Crippen molar-refractivity contribution >= 4 is 29.1 Å². The number of hydrogen-bond donors (Lipinski definition) is 3. The van der Waals surface area contributed by atoms with Crippen molar-refractivity contribution in [2.45, 2.75) is 12.5 Å². The standard InChI is InChI=1S/C21H20FN5O5/c1-30-20(29)17-9-12-8-13(2-4-16(12)32-17)26-21-24-11-15(22)19(27-21)25-14-3-5-18(23-10-14)31-7-6-28/h2-5,8,10-11,17,28H,6-7,9H2,1H3,(H2,24,25,26,27). The van der Waals surface area contributed by atoms with Crippen LogP contribution in [0.3, 0.4) is 0 Å². The number of anilines is 4. The molecule has 0 fully saturated rings. The second-order valence-electron chi connectivity index (χ2n) is 6.75. The molecule has 1 aliphatic heterocycles. The van der Waals surface area contributed by atoms with Crippen LogP contribution in [0.2, 0.25) is 0 Å². The fraction of sp³-hybridized carbons (Fsp3) is 0.238. The number of nitrogens with zero attached hydrogens (tertiary/aromatic N) is 3. The van der Waals surface area contributed by atoms with E-state index in [1.807, 2.05) is 6.07 Å². The van der Waals surface area contributed by atoms with E-state index in [0.717, 1.165) is 11.8 Å². The maximum atomic E-state index is 14.2. The molecule has 1 aromatic carbocycles. The van der Waals surface area contributed by atoms with Crippen LogP contribution in [0.5, 0.6) is 11.6 Å². The predicted molar refractivity (Wildman–Crippen MR) is 112 cm³/mol. The van der Waals surface area contributed by atoms with E-state index in [1.165, 1.54) is 13.3 Å². The maximum Gasteiger partial charge on any atom is 0.347 e. The van der Waals surface area contributed by atoms with E-state index >= 15 is 0 Å². The van der Waals surface area contributed by atoms with Crippen molar-refractivity contribution in [2.75, 3.05) is 31.0 Å². The highest BCUT2D eigenvalue weighted by molar-refractivity contribution is 5.77. The van der Waals surface area contributed by atoms with E-state index in [-0.39, 0.29) is 25.0 Å². The molecule has 0 aliphatic carbocycles. The fourth-order valence-electron chi connectivity index (χ4n) is 3.06. The average Bonchev–Trinajstić information content (AvgIpc) is 3.24. The molecule has 32 heavy (non-hydrogen) atoms. The van der Waals surface area contributed by atoms with Gasteiger partial charge in [-0.25, -0.2) is 19.2 Å². The Hall–Kier alpha value is -3.99. The number of pyridine rings is 1. The number of methoxy groups -OCH3 is 1. The SMILES string of the molecule is COC(=O)C1Cc2cc(Nc3ncc(F)c(Nc4ccc(OCCO)nc4)n3)ccc2O1. The zero-order valence-electron chi connectivity index (χ0n) is 17.0. The molecule has 10 nitrogen and oxygen atoms in total. The Kier molecular flexibility index (Phi) is 6.26. The Balaban J connectivity index is 1.45. The maximum absolute atomic E-state index is 14.2. The number of nitrogens with one attached hydrogen (secondary N) is 2. The number of ether oxygens (including phenoxy) is 3. The monoisotopic (exact) mass is 441 g/mol. The highest BCUT2D eigenvalue weighted by Crippen LogP contribution is 2.32. The van der Waals surface area contributed by atoms with Crippen LogP contribution in [0.4, 0.5) is 27.5 Å². The summed E-state index contributed by atoms with van der Waals surface area (Å²) in [4.78, 5) is 23.9. The summed E-state index contributed by atoms with van der Waals surface area (Å²) in [6.45, 7) is 0.0141. The average molecular weight is 441 g/mol. The normalized spacial score (nSPS) is 14.3. The van der Waals surface area contributed by atoms with Gasteiger partial charge in [0.2, 0.25) is 11.8 Å². The molecule has 11 heteroatoms. The van der Waals surface area contributed by atoms with Crippen molar-refractivity contribution in [3.63, 3.8) is 0 Å². The van der Waals surface area contributed by atoms with Crippen LogP contribution in [0.1, 0.15) is 5.56 Å². The lowest BCUT2D eigenvalue weighted by atomic mass is 10.1. The molecule has 2 aromatic heterocycles. The van der Waals surface area contributed by atoms with Crippen molar-refractivity contribution in [1.82, 2.24) is 15.0 Å². The second kappa shape index (κ2) is 9.43. The lowest BCUT2D eigenvalue weighted by Crippen LogP contribution is -2.26. The van der Waals surface area contributed by atoms with Crippen LogP contribution in [-0.4, -0.2) is 52.5 Å². The van der Waals surface area contributed by atoms with Gasteiger partial charge in [0.1, 0.15) is 12.4 Å². The lowest BCUT2D eigenvalue weighted by Gasteiger charge is -2.10. The molecule has 3 aromatic rings. The van der Waals surface area contributed by atoms with Crippen LogP contribution < -0.4 is 20.1 Å². The van der Waals surface area contributed by atoms with Gasteiger partial charge in [0.05, 0.1) is 31.8 Å². The van der Waals surface area contributed by atoms with Gasteiger partial charge in [-0.1, -0.05) is 0 Å². The van der Waals surface area contributed by atoms with E-state index in [1.54, 1.807) is 24.3 Å². The van der Waals surface area contributed by atoms with Gasteiger partial charge in [-0.05, 0) is 24.3 Å². The third-order valence-corrected chi connectivity index (χ3v) is 4.54. The number of aromatic nitrogens is 3. The molecule has 0 spiro atoms. The van der Waals surface area contributed by atoms with Gasteiger partial charge in [-0.3, -0.25) is 0 Å². The molecule has 4 rings (SSSR count). The van der Waals surface area contributed by atoms with Gasteiger partial charge in [0.15, 0.2) is 17.7 Å². The molecule has 0 saturated carbocycles. The van der Waals surface area contributed by atoms with Gasteiger partial charge < -0.3 is 30.0 Å². The molecule has 0 radical (unpaired) electrons. The van der Waals surface area contributed by atoms with E-state index in [9.17, 15) is 9.18 Å². The van der Waals surface area contributed by atoms with E-state index < -0.39 is 17.9 Å². The van der Waals surface area contributed by atoms with Crippen LogP contribution in [0.15, 0.2) is 42.7 Å². The Labute approximate surface area is 182 Å². The van der Waals surface area contributed by atoms with Crippen LogP contribution in [0.25, 0.3) is 0 Å². The molecular weight excluding hydrogens is 421 g/mol. The number of halogens is 1. The first kappa shape index (κ1) is 21.2. The summed E-state index contributed by atoms with van der Waals surface area (Å²) >= 11 is 0. The zero-order valence-corrected chi connectivity index (χ0v) is 17.0. The fourth-order valence-corrected chi connectivity index (χ4v) is 3.06. The number of carbonyl (C=O) groups excluding carboxylic acids is 1. The third kappa shape index (κ3) is 4.83. The summed E-state index contributed by atoms with van der Waals surface area (Å²) in [7, 11) is 1.31. The summed E-state index contributed by atoms with van der Waals surface area (Å²) in [5.41, 5.74) is 1.98.